The van der Waals surface area contributed by atoms with E-state index >= 15 is 0 Å². The second-order valence-corrected chi connectivity index (χ2v) is 6.57. The van der Waals surface area contributed by atoms with E-state index in [1.807, 2.05) is 24.3 Å². The van der Waals surface area contributed by atoms with Gasteiger partial charge in [-0.2, -0.15) is 0 Å². The quantitative estimate of drug-likeness (QED) is 0.786. The smallest absolute Gasteiger partial charge is 0.251 e. The number of hydrogen-bond donors (Lipinski definition) is 1. The lowest BCUT2D eigenvalue weighted by Gasteiger charge is -2.16. The molecule has 1 aliphatic heterocycles. The molecule has 3 heterocycles. The molecule has 2 aromatic heterocycles. The normalized spacial score (nSPS) is 17.5. The molecule has 1 aromatic carbocycles. The fraction of sp³-hybridized carbons (Fsp3) is 0.250. The Hall–Kier alpha value is -2.86. The van der Waals surface area contributed by atoms with Crippen molar-refractivity contribution in [3.05, 3.63) is 82.4 Å². The zero-order valence-corrected chi connectivity index (χ0v) is 14.2. The molecule has 132 valence electrons. The van der Waals surface area contributed by atoms with Gasteiger partial charge in [-0.15, -0.1) is 0 Å². The van der Waals surface area contributed by atoms with Crippen LogP contribution in [0.15, 0.2) is 59.7 Å². The minimum atomic E-state index is -0.180. The first kappa shape index (κ1) is 16.6. The first-order chi connectivity index (χ1) is 12.7. The summed E-state index contributed by atoms with van der Waals surface area (Å²) >= 11 is 0. The van der Waals surface area contributed by atoms with E-state index in [1.54, 1.807) is 18.5 Å². The number of nitrogens with zero attached hydrogens (tertiary/aromatic N) is 3. The minimum absolute atomic E-state index is 0.131. The Labute approximate surface area is 150 Å². The van der Waals surface area contributed by atoms with Gasteiger partial charge < -0.3 is 4.98 Å². The van der Waals surface area contributed by atoms with E-state index in [1.165, 1.54) is 12.1 Å². The Kier molecular flexibility index (Phi) is 4.58. The van der Waals surface area contributed by atoms with E-state index < -0.39 is 0 Å². The molecule has 0 bridgehead atoms. The Morgan fingerprint density at radius 2 is 2.12 bits per heavy atom. The van der Waals surface area contributed by atoms with Gasteiger partial charge in [-0.3, -0.25) is 14.7 Å². The lowest BCUT2D eigenvalue weighted by atomic mass is 10.1. The van der Waals surface area contributed by atoms with Gasteiger partial charge >= 0.3 is 0 Å². The molecule has 0 amide bonds. The summed E-state index contributed by atoms with van der Waals surface area (Å²) in [7, 11) is 0. The highest BCUT2D eigenvalue weighted by atomic mass is 19.1. The number of halogens is 1. The maximum absolute atomic E-state index is 13.9. The molecule has 3 aromatic rings. The van der Waals surface area contributed by atoms with Crippen molar-refractivity contribution in [1.29, 1.82) is 0 Å². The van der Waals surface area contributed by atoms with Gasteiger partial charge in [0.2, 0.25) is 0 Å². The first-order valence-electron chi connectivity index (χ1n) is 8.66. The maximum Gasteiger partial charge on any atom is 0.251 e. The molecular weight excluding hydrogens is 331 g/mol. The minimum Gasteiger partial charge on any atom is -0.310 e. The summed E-state index contributed by atoms with van der Waals surface area (Å²) in [6.45, 7) is 2.16. The molecule has 1 aliphatic rings. The van der Waals surface area contributed by atoms with E-state index in [9.17, 15) is 9.18 Å². The molecule has 5 nitrogen and oxygen atoms in total. The molecule has 1 N–H and O–H groups in total. The van der Waals surface area contributed by atoms with Gasteiger partial charge in [0.1, 0.15) is 11.6 Å². The molecule has 1 unspecified atom stereocenters. The molecule has 0 spiro atoms. The van der Waals surface area contributed by atoms with Crippen molar-refractivity contribution in [3.63, 3.8) is 0 Å². The molecule has 0 saturated carbocycles. The number of nitrogens with one attached hydrogen (secondary N) is 1. The molecular formula is C20H19FN4O. The number of aromatic nitrogens is 3. The summed E-state index contributed by atoms with van der Waals surface area (Å²) in [4.78, 5) is 25.9. The summed E-state index contributed by atoms with van der Waals surface area (Å²) in [5.41, 5.74) is 1.98. The van der Waals surface area contributed by atoms with Gasteiger partial charge in [0.05, 0.1) is 5.69 Å². The molecule has 6 heteroatoms. The van der Waals surface area contributed by atoms with Crippen LogP contribution < -0.4 is 5.56 Å². The lowest BCUT2D eigenvalue weighted by molar-refractivity contribution is 0.320. The zero-order valence-electron chi connectivity index (χ0n) is 14.2. The number of H-pyrrole nitrogens is 1. The van der Waals surface area contributed by atoms with Crippen LogP contribution in [-0.4, -0.2) is 32.9 Å². The Bertz CT molecular complexity index is 957. The van der Waals surface area contributed by atoms with E-state index in [-0.39, 0.29) is 17.3 Å². The Morgan fingerprint density at radius 1 is 1.23 bits per heavy atom. The molecule has 1 saturated heterocycles. The van der Waals surface area contributed by atoms with Crippen LogP contribution in [0.3, 0.4) is 0 Å². The third kappa shape index (κ3) is 3.55. The second-order valence-electron chi connectivity index (χ2n) is 6.57. The maximum atomic E-state index is 13.9. The number of rotatable bonds is 4. The predicted octanol–water partition coefficient (Wildman–Crippen LogP) is 2.96. The number of hydrogen-bond acceptors (Lipinski definition) is 4. The highest BCUT2D eigenvalue weighted by Gasteiger charge is 2.26. The van der Waals surface area contributed by atoms with Crippen LogP contribution in [-0.2, 0) is 6.54 Å². The summed E-state index contributed by atoms with van der Waals surface area (Å²) in [5.74, 6) is 0.638. The molecule has 0 aliphatic carbocycles. The summed E-state index contributed by atoms with van der Waals surface area (Å²) in [5, 5.41) is 0. The van der Waals surface area contributed by atoms with Gasteiger partial charge in [-0.1, -0.05) is 18.2 Å². The van der Waals surface area contributed by atoms with Crippen LogP contribution in [0.25, 0.3) is 11.3 Å². The van der Waals surface area contributed by atoms with Crippen LogP contribution in [0, 0.1) is 5.82 Å². The fourth-order valence-corrected chi connectivity index (χ4v) is 3.40. The van der Waals surface area contributed by atoms with Crippen LogP contribution in [0.4, 0.5) is 4.39 Å². The van der Waals surface area contributed by atoms with Gasteiger partial charge in [0, 0.05) is 48.6 Å². The lowest BCUT2D eigenvalue weighted by Crippen LogP contribution is -2.22. The van der Waals surface area contributed by atoms with Crippen molar-refractivity contribution in [2.75, 3.05) is 13.1 Å². The molecule has 4 rings (SSSR count). The third-order valence-electron chi connectivity index (χ3n) is 4.73. The van der Waals surface area contributed by atoms with Crippen LogP contribution in [0.2, 0.25) is 0 Å². The van der Waals surface area contributed by atoms with E-state index in [0.29, 0.717) is 23.6 Å². The van der Waals surface area contributed by atoms with Crippen LogP contribution in [0.5, 0.6) is 0 Å². The second kappa shape index (κ2) is 7.17. The number of likely N-dealkylation sites (tertiary alicyclic amines) is 1. The third-order valence-corrected chi connectivity index (χ3v) is 4.73. The topological polar surface area (TPSA) is 61.9 Å². The SMILES string of the molecule is O=c1cc(-c2cccnc2)nc(C2CCN(Cc3ccccc3F)C2)[nH]1. The summed E-state index contributed by atoms with van der Waals surface area (Å²) < 4.78 is 13.9. The van der Waals surface area contributed by atoms with Crippen molar-refractivity contribution in [1.82, 2.24) is 19.9 Å². The van der Waals surface area contributed by atoms with Gasteiger partial charge in [0.25, 0.3) is 5.56 Å². The predicted molar refractivity (Wildman–Crippen MR) is 97.1 cm³/mol. The first-order valence-corrected chi connectivity index (χ1v) is 8.66. The highest BCUT2D eigenvalue weighted by Crippen LogP contribution is 2.27. The molecule has 1 atom stereocenters. The van der Waals surface area contributed by atoms with E-state index in [2.05, 4.69) is 19.9 Å². The Morgan fingerprint density at radius 3 is 2.92 bits per heavy atom. The standard InChI is InChI=1S/C20H19FN4O/c21-17-6-2-1-4-15(17)12-25-9-7-16(13-25)20-23-18(10-19(26)24-20)14-5-3-8-22-11-14/h1-6,8,10-11,16H,7,9,12-13H2,(H,23,24,26). The summed E-state index contributed by atoms with van der Waals surface area (Å²) in [6, 6.07) is 12.0. The fourth-order valence-electron chi connectivity index (χ4n) is 3.40. The van der Waals surface area contributed by atoms with Crippen LogP contribution in [0.1, 0.15) is 23.7 Å². The molecule has 26 heavy (non-hydrogen) atoms. The van der Waals surface area contributed by atoms with Gasteiger partial charge in [-0.25, -0.2) is 9.37 Å². The summed E-state index contributed by atoms with van der Waals surface area (Å²) in [6.07, 6.45) is 4.27. The van der Waals surface area contributed by atoms with E-state index in [0.717, 1.165) is 25.1 Å². The average molecular weight is 350 g/mol. The number of aromatic amines is 1. The van der Waals surface area contributed by atoms with Crippen molar-refractivity contribution < 1.29 is 4.39 Å². The highest BCUT2D eigenvalue weighted by molar-refractivity contribution is 5.56. The zero-order chi connectivity index (χ0) is 17.9. The number of benzene rings is 1. The van der Waals surface area contributed by atoms with Gasteiger partial charge in [-0.05, 0) is 31.2 Å². The van der Waals surface area contributed by atoms with Crippen molar-refractivity contribution >= 4 is 0 Å². The molecule has 0 radical (unpaired) electrons. The van der Waals surface area contributed by atoms with Crippen molar-refractivity contribution in [2.24, 2.45) is 0 Å². The Balaban J connectivity index is 1.53. The number of pyridine rings is 1. The largest absolute Gasteiger partial charge is 0.310 e. The van der Waals surface area contributed by atoms with Crippen LogP contribution >= 0.6 is 0 Å². The van der Waals surface area contributed by atoms with Crippen molar-refractivity contribution in [3.8, 4) is 11.3 Å². The van der Waals surface area contributed by atoms with Crippen molar-refractivity contribution in [2.45, 2.75) is 18.9 Å². The van der Waals surface area contributed by atoms with E-state index in [4.69, 9.17) is 0 Å². The molecule has 1 fully saturated rings. The monoisotopic (exact) mass is 350 g/mol. The average Bonchev–Trinajstić information content (AvgIpc) is 3.13. The van der Waals surface area contributed by atoms with Gasteiger partial charge in [0.15, 0.2) is 0 Å².